The van der Waals surface area contributed by atoms with Crippen molar-refractivity contribution in [2.45, 2.75) is 40.8 Å². The number of hydrogen-bond acceptors (Lipinski definition) is 1. The number of aryl methyl sites for hydroxylation is 4. The molecule has 0 saturated carbocycles. The van der Waals surface area contributed by atoms with Gasteiger partial charge in [0.25, 0.3) is 0 Å². The zero-order chi connectivity index (χ0) is 16.1. The zero-order valence-corrected chi connectivity index (χ0v) is 13.8. The fraction of sp³-hybridized carbons (Fsp3) is 0.316. The number of carbonyl (C=O) groups is 1. The summed E-state index contributed by atoms with van der Waals surface area (Å²) in [6.45, 7) is 9.41. The van der Waals surface area contributed by atoms with Crippen LogP contribution < -0.4 is 10.6 Å². The van der Waals surface area contributed by atoms with Crippen molar-refractivity contribution in [2.24, 2.45) is 0 Å². The van der Waals surface area contributed by atoms with Crippen LogP contribution >= 0.6 is 0 Å². The zero-order valence-electron chi connectivity index (χ0n) is 13.8. The second kappa shape index (κ2) is 7.12. The van der Waals surface area contributed by atoms with Crippen molar-refractivity contribution in [3.63, 3.8) is 0 Å². The molecule has 2 aromatic rings. The molecule has 0 aliphatic carbocycles. The first-order valence-corrected chi connectivity index (χ1v) is 7.60. The summed E-state index contributed by atoms with van der Waals surface area (Å²) in [5, 5.41) is 5.85. The van der Waals surface area contributed by atoms with E-state index in [1.54, 1.807) is 0 Å². The van der Waals surface area contributed by atoms with Crippen molar-refractivity contribution in [1.29, 1.82) is 0 Å². The number of benzene rings is 2. The summed E-state index contributed by atoms with van der Waals surface area (Å²) < 4.78 is 0. The summed E-state index contributed by atoms with van der Waals surface area (Å²) >= 11 is 0. The van der Waals surface area contributed by atoms with Gasteiger partial charge >= 0.3 is 6.03 Å². The summed E-state index contributed by atoms with van der Waals surface area (Å²) in [7, 11) is 0. The molecule has 2 aromatic carbocycles. The lowest BCUT2D eigenvalue weighted by atomic mass is 10.00. The average Bonchev–Trinajstić information content (AvgIpc) is 2.45. The molecule has 0 bridgehead atoms. The van der Waals surface area contributed by atoms with Gasteiger partial charge in [-0.15, -0.1) is 0 Å². The molecule has 0 unspecified atom stereocenters. The van der Waals surface area contributed by atoms with Crippen molar-refractivity contribution in [2.75, 3.05) is 0 Å². The molecule has 0 aliphatic heterocycles. The van der Waals surface area contributed by atoms with Crippen molar-refractivity contribution in [3.05, 3.63) is 69.8 Å². The van der Waals surface area contributed by atoms with Crippen LogP contribution in [0.15, 0.2) is 36.4 Å². The van der Waals surface area contributed by atoms with E-state index in [1.807, 2.05) is 31.2 Å². The monoisotopic (exact) mass is 296 g/mol. The largest absolute Gasteiger partial charge is 0.334 e. The van der Waals surface area contributed by atoms with E-state index in [0.29, 0.717) is 13.1 Å². The van der Waals surface area contributed by atoms with Gasteiger partial charge in [-0.1, -0.05) is 42.0 Å². The Morgan fingerprint density at radius 2 is 1.45 bits per heavy atom. The topological polar surface area (TPSA) is 41.1 Å². The van der Waals surface area contributed by atoms with Gasteiger partial charge in [-0.05, 0) is 55.5 Å². The molecule has 3 nitrogen and oxygen atoms in total. The Morgan fingerprint density at radius 1 is 0.864 bits per heavy atom. The molecule has 2 N–H and O–H groups in total. The number of rotatable bonds is 4. The quantitative estimate of drug-likeness (QED) is 0.882. The van der Waals surface area contributed by atoms with Crippen LogP contribution in [0.25, 0.3) is 0 Å². The van der Waals surface area contributed by atoms with Crippen LogP contribution in [0, 0.1) is 27.7 Å². The molecule has 0 fully saturated rings. The highest BCUT2D eigenvalue weighted by Gasteiger charge is 2.06. The molecular formula is C19H24N2O. The average molecular weight is 296 g/mol. The van der Waals surface area contributed by atoms with Gasteiger partial charge in [-0.25, -0.2) is 4.79 Å². The highest BCUT2D eigenvalue weighted by Crippen LogP contribution is 2.16. The van der Waals surface area contributed by atoms with E-state index in [0.717, 1.165) is 5.56 Å². The summed E-state index contributed by atoms with van der Waals surface area (Å²) in [4.78, 5) is 12.0. The highest BCUT2D eigenvalue weighted by molar-refractivity contribution is 5.74. The van der Waals surface area contributed by atoms with Crippen molar-refractivity contribution < 1.29 is 4.79 Å². The Labute approximate surface area is 132 Å². The van der Waals surface area contributed by atoms with Gasteiger partial charge in [-0.3, -0.25) is 0 Å². The maximum atomic E-state index is 12.0. The van der Waals surface area contributed by atoms with Gasteiger partial charge < -0.3 is 10.6 Å². The molecule has 0 spiro atoms. The standard InChI is InChI=1S/C19H24N2O/c1-13-9-15(3)18(16(4)10-13)12-21-19(22)20-11-17-8-6-5-7-14(17)2/h5-10H,11-12H2,1-4H3,(H2,20,21,22). The lowest BCUT2D eigenvalue weighted by Crippen LogP contribution is -2.35. The van der Waals surface area contributed by atoms with Crippen LogP contribution in [-0.4, -0.2) is 6.03 Å². The fourth-order valence-electron chi connectivity index (χ4n) is 2.70. The normalized spacial score (nSPS) is 10.4. The maximum absolute atomic E-state index is 12.0. The van der Waals surface area contributed by atoms with Gasteiger partial charge in [0.2, 0.25) is 0 Å². The van der Waals surface area contributed by atoms with Gasteiger partial charge in [0, 0.05) is 13.1 Å². The van der Waals surface area contributed by atoms with Crippen LogP contribution in [-0.2, 0) is 13.1 Å². The Balaban J connectivity index is 1.90. The van der Waals surface area contributed by atoms with Crippen LogP contribution in [0.1, 0.15) is 33.4 Å². The van der Waals surface area contributed by atoms with Gasteiger partial charge in [0.05, 0.1) is 0 Å². The van der Waals surface area contributed by atoms with Crippen LogP contribution in [0.2, 0.25) is 0 Å². The number of hydrogen-bond donors (Lipinski definition) is 2. The smallest absolute Gasteiger partial charge is 0.315 e. The van der Waals surface area contributed by atoms with Gasteiger partial charge in [-0.2, -0.15) is 0 Å². The van der Waals surface area contributed by atoms with Crippen molar-refractivity contribution in [3.8, 4) is 0 Å². The van der Waals surface area contributed by atoms with E-state index in [1.165, 1.54) is 27.8 Å². The molecule has 0 radical (unpaired) electrons. The van der Waals surface area contributed by atoms with E-state index in [2.05, 4.69) is 43.5 Å². The molecule has 2 amide bonds. The predicted octanol–water partition coefficient (Wildman–Crippen LogP) is 3.92. The number of amides is 2. The third-order valence-corrected chi connectivity index (χ3v) is 3.97. The number of urea groups is 1. The van der Waals surface area contributed by atoms with Crippen molar-refractivity contribution in [1.82, 2.24) is 10.6 Å². The molecule has 0 aromatic heterocycles. The van der Waals surface area contributed by atoms with E-state index < -0.39 is 0 Å². The third-order valence-electron chi connectivity index (χ3n) is 3.97. The molecule has 116 valence electrons. The predicted molar refractivity (Wildman–Crippen MR) is 90.9 cm³/mol. The number of carbonyl (C=O) groups excluding carboxylic acids is 1. The number of nitrogens with one attached hydrogen (secondary N) is 2. The second-order valence-electron chi connectivity index (χ2n) is 5.84. The molecule has 2 rings (SSSR count). The molecule has 22 heavy (non-hydrogen) atoms. The summed E-state index contributed by atoms with van der Waals surface area (Å²) in [6.07, 6.45) is 0. The fourth-order valence-corrected chi connectivity index (χ4v) is 2.70. The van der Waals surface area contributed by atoms with Crippen LogP contribution in [0.3, 0.4) is 0 Å². The first-order valence-electron chi connectivity index (χ1n) is 7.60. The van der Waals surface area contributed by atoms with E-state index in [9.17, 15) is 4.79 Å². The molecule has 0 heterocycles. The van der Waals surface area contributed by atoms with E-state index in [-0.39, 0.29) is 6.03 Å². The summed E-state index contributed by atoms with van der Waals surface area (Å²) in [5.41, 5.74) is 7.21. The Hall–Kier alpha value is -2.29. The Morgan fingerprint density at radius 3 is 2.09 bits per heavy atom. The van der Waals surface area contributed by atoms with Gasteiger partial charge in [0.1, 0.15) is 0 Å². The van der Waals surface area contributed by atoms with Crippen molar-refractivity contribution >= 4 is 6.03 Å². The molecule has 0 atom stereocenters. The Bertz CT molecular complexity index is 654. The second-order valence-corrected chi connectivity index (χ2v) is 5.84. The maximum Gasteiger partial charge on any atom is 0.315 e. The van der Waals surface area contributed by atoms with Gasteiger partial charge in [0.15, 0.2) is 0 Å². The minimum atomic E-state index is -0.136. The van der Waals surface area contributed by atoms with Crippen LogP contribution in [0.4, 0.5) is 4.79 Å². The lowest BCUT2D eigenvalue weighted by molar-refractivity contribution is 0.240. The molecule has 0 aliphatic rings. The third kappa shape index (κ3) is 4.10. The van der Waals surface area contributed by atoms with E-state index >= 15 is 0 Å². The minimum absolute atomic E-state index is 0.136. The van der Waals surface area contributed by atoms with E-state index in [4.69, 9.17) is 0 Å². The molecule has 0 saturated heterocycles. The Kier molecular flexibility index (Phi) is 5.21. The molecule has 3 heteroatoms. The summed E-state index contributed by atoms with van der Waals surface area (Å²) in [5.74, 6) is 0. The first-order chi connectivity index (χ1) is 10.5. The SMILES string of the molecule is Cc1cc(C)c(CNC(=O)NCc2ccccc2C)c(C)c1. The summed E-state index contributed by atoms with van der Waals surface area (Å²) in [6, 6.07) is 12.2. The molecular weight excluding hydrogens is 272 g/mol. The van der Waals surface area contributed by atoms with Crippen LogP contribution in [0.5, 0.6) is 0 Å². The highest BCUT2D eigenvalue weighted by atomic mass is 16.2. The minimum Gasteiger partial charge on any atom is -0.334 e. The first kappa shape index (κ1) is 16.1. The lowest BCUT2D eigenvalue weighted by Gasteiger charge is -2.13.